The lowest BCUT2D eigenvalue weighted by atomic mass is 10.0. The van der Waals surface area contributed by atoms with Gasteiger partial charge in [0, 0.05) is 16.6 Å². The van der Waals surface area contributed by atoms with Crippen LogP contribution in [0.1, 0.15) is 24.4 Å². The number of nitrogens with one attached hydrogen (secondary N) is 1. The van der Waals surface area contributed by atoms with Gasteiger partial charge in [-0.05, 0) is 31.5 Å². The number of hydrogen-bond acceptors (Lipinski definition) is 3. The molecule has 4 heteroatoms. The first-order valence-electron chi connectivity index (χ1n) is 5.41. The van der Waals surface area contributed by atoms with Crippen LogP contribution in [0.5, 0.6) is 11.5 Å². The average Bonchev–Trinajstić information content (AvgIpc) is 2.81. The zero-order chi connectivity index (χ0) is 11.5. The number of methoxy groups -OCH3 is 2. The summed E-state index contributed by atoms with van der Waals surface area (Å²) in [6.45, 7) is 1.03. The fourth-order valence-electron chi connectivity index (χ4n) is 2.18. The van der Waals surface area contributed by atoms with Gasteiger partial charge in [-0.1, -0.05) is 11.6 Å². The zero-order valence-electron chi connectivity index (χ0n) is 9.55. The van der Waals surface area contributed by atoms with Crippen molar-refractivity contribution in [3.05, 3.63) is 22.7 Å². The van der Waals surface area contributed by atoms with Crippen molar-refractivity contribution in [1.82, 2.24) is 5.32 Å². The zero-order valence-corrected chi connectivity index (χ0v) is 10.3. The molecule has 1 unspecified atom stereocenters. The molecule has 1 saturated heterocycles. The minimum absolute atomic E-state index is 0.276. The minimum Gasteiger partial charge on any atom is -0.493 e. The van der Waals surface area contributed by atoms with E-state index in [0.717, 1.165) is 35.1 Å². The largest absolute Gasteiger partial charge is 0.493 e. The van der Waals surface area contributed by atoms with Crippen molar-refractivity contribution in [1.29, 1.82) is 0 Å². The van der Waals surface area contributed by atoms with Crippen molar-refractivity contribution in [2.75, 3.05) is 20.8 Å². The molecule has 0 bridgehead atoms. The van der Waals surface area contributed by atoms with Crippen molar-refractivity contribution >= 4 is 11.6 Å². The molecule has 0 aromatic heterocycles. The van der Waals surface area contributed by atoms with Gasteiger partial charge in [0.1, 0.15) is 0 Å². The molecule has 88 valence electrons. The predicted octanol–water partition coefficient (Wildman–Crippen LogP) is 2.78. The van der Waals surface area contributed by atoms with E-state index >= 15 is 0 Å². The second-order valence-electron chi connectivity index (χ2n) is 3.85. The summed E-state index contributed by atoms with van der Waals surface area (Å²) in [7, 11) is 3.28. The van der Waals surface area contributed by atoms with Crippen LogP contribution in [0.4, 0.5) is 0 Å². The van der Waals surface area contributed by atoms with Gasteiger partial charge in [0.15, 0.2) is 11.5 Å². The summed E-state index contributed by atoms with van der Waals surface area (Å²) in [5.41, 5.74) is 1.01. The third-order valence-electron chi connectivity index (χ3n) is 2.94. The van der Waals surface area contributed by atoms with E-state index in [2.05, 4.69) is 5.32 Å². The van der Waals surface area contributed by atoms with Crippen LogP contribution in [-0.2, 0) is 0 Å². The topological polar surface area (TPSA) is 30.5 Å². The SMILES string of the molecule is COc1ccc(Cl)c(C2CCCN2)c1OC. The summed E-state index contributed by atoms with van der Waals surface area (Å²) in [6.07, 6.45) is 2.25. The lowest BCUT2D eigenvalue weighted by molar-refractivity contribution is 0.348. The van der Waals surface area contributed by atoms with Gasteiger partial charge in [0.25, 0.3) is 0 Å². The Morgan fingerprint density at radius 2 is 2.12 bits per heavy atom. The number of ether oxygens (including phenoxy) is 2. The molecule has 3 nitrogen and oxygen atoms in total. The first-order valence-corrected chi connectivity index (χ1v) is 5.79. The fourth-order valence-corrected chi connectivity index (χ4v) is 2.46. The van der Waals surface area contributed by atoms with Crippen LogP contribution in [0.2, 0.25) is 5.02 Å². The normalized spacial score (nSPS) is 19.8. The Balaban J connectivity index is 2.47. The molecule has 1 fully saturated rings. The molecule has 16 heavy (non-hydrogen) atoms. The Bertz CT molecular complexity index is 376. The van der Waals surface area contributed by atoms with Gasteiger partial charge in [0.05, 0.1) is 14.2 Å². The molecule has 1 aromatic carbocycles. The average molecular weight is 242 g/mol. The maximum Gasteiger partial charge on any atom is 0.166 e. The van der Waals surface area contributed by atoms with E-state index < -0.39 is 0 Å². The lowest BCUT2D eigenvalue weighted by Crippen LogP contribution is -2.14. The Morgan fingerprint density at radius 1 is 1.31 bits per heavy atom. The number of rotatable bonds is 3. The van der Waals surface area contributed by atoms with Crippen LogP contribution in [0.3, 0.4) is 0 Å². The monoisotopic (exact) mass is 241 g/mol. The molecule has 1 aliphatic rings. The molecule has 0 aliphatic carbocycles. The molecule has 1 aliphatic heterocycles. The van der Waals surface area contributed by atoms with E-state index in [4.69, 9.17) is 21.1 Å². The Hall–Kier alpha value is -0.930. The smallest absolute Gasteiger partial charge is 0.166 e. The van der Waals surface area contributed by atoms with E-state index in [1.807, 2.05) is 12.1 Å². The van der Waals surface area contributed by atoms with E-state index in [-0.39, 0.29) is 6.04 Å². The van der Waals surface area contributed by atoms with Gasteiger partial charge in [-0.2, -0.15) is 0 Å². The van der Waals surface area contributed by atoms with Crippen LogP contribution >= 0.6 is 11.6 Å². The van der Waals surface area contributed by atoms with Crippen LogP contribution in [-0.4, -0.2) is 20.8 Å². The summed E-state index contributed by atoms with van der Waals surface area (Å²) < 4.78 is 10.7. The highest BCUT2D eigenvalue weighted by Crippen LogP contribution is 2.41. The quantitative estimate of drug-likeness (QED) is 0.883. The van der Waals surface area contributed by atoms with E-state index in [1.165, 1.54) is 6.42 Å². The molecule has 0 spiro atoms. The molecular formula is C12H16ClNO2. The van der Waals surface area contributed by atoms with Crippen molar-refractivity contribution in [2.24, 2.45) is 0 Å². The minimum atomic E-state index is 0.276. The first kappa shape index (κ1) is 11.6. The number of hydrogen-bond donors (Lipinski definition) is 1. The molecule has 0 saturated carbocycles. The molecule has 1 aromatic rings. The van der Waals surface area contributed by atoms with E-state index in [1.54, 1.807) is 14.2 Å². The number of benzene rings is 1. The lowest BCUT2D eigenvalue weighted by Gasteiger charge is -2.18. The summed E-state index contributed by atoms with van der Waals surface area (Å²) in [5.74, 6) is 1.48. The highest BCUT2D eigenvalue weighted by Gasteiger charge is 2.24. The van der Waals surface area contributed by atoms with E-state index in [0.29, 0.717) is 0 Å². The van der Waals surface area contributed by atoms with Gasteiger partial charge >= 0.3 is 0 Å². The second kappa shape index (κ2) is 4.93. The van der Waals surface area contributed by atoms with Gasteiger partial charge < -0.3 is 14.8 Å². The molecule has 2 rings (SSSR count). The third kappa shape index (κ3) is 1.97. The third-order valence-corrected chi connectivity index (χ3v) is 3.27. The van der Waals surface area contributed by atoms with Crippen molar-refractivity contribution in [2.45, 2.75) is 18.9 Å². The molecule has 0 radical (unpaired) electrons. The standard InChI is InChI=1S/C12H16ClNO2/c1-15-10-6-5-8(13)11(12(10)16-2)9-4-3-7-14-9/h5-6,9,14H,3-4,7H2,1-2H3. The maximum atomic E-state index is 6.24. The molecule has 1 atom stereocenters. The number of halogens is 1. The van der Waals surface area contributed by atoms with Crippen molar-refractivity contribution < 1.29 is 9.47 Å². The van der Waals surface area contributed by atoms with Crippen LogP contribution in [0.25, 0.3) is 0 Å². The first-order chi connectivity index (χ1) is 7.77. The van der Waals surface area contributed by atoms with Crippen molar-refractivity contribution in [3.8, 4) is 11.5 Å². The maximum absolute atomic E-state index is 6.24. The molecular weight excluding hydrogens is 226 g/mol. The van der Waals surface area contributed by atoms with E-state index in [9.17, 15) is 0 Å². The summed E-state index contributed by atoms with van der Waals surface area (Å²) in [5, 5.41) is 4.15. The summed E-state index contributed by atoms with van der Waals surface area (Å²) in [4.78, 5) is 0. The van der Waals surface area contributed by atoms with Gasteiger partial charge in [-0.15, -0.1) is 0 Å². The predicted molar refractivity (Wildman–Crippen MR) is 64.5 cm³/mol. The molecule has 1 heterocycles. The van der Waals surface area contributed by atoms with Crippen LogP contribution < -0.4 is 14.8 Å². The van der Waals surface area contributed by atoms with Gasteiger partial charge in [0.2, 0.25) is 0 Å². The second-order valence-corrected chi connectivity index (χ2v) is 4.25. The van der Waals surface area contributed by atoms with Crippen molar-refractivity contribution in [3.63, 3.8) is 0 Å². The summed E-state index contributed by atoms with van der Waals surface area (Å²) in [6, 6.07) is 3.97. The Kier molecular flexibility index (Phi) is 3.56. The highest BCUT2D eigenvalue weighted by molar-refractivity contribution is 6.31. The summed E-state index contributed by atoms with van der Waals surface area (Å²) >= 11 is 6.24. The highest BCUT2D eigenvalue weighted by atomic mass is 35.5. The molecule has 0 amide bonds. The van der Waals surface area contributed by atoms with Crippen LogP contribution in [0.15, 0.2) is 12.1 Å². The Labute approximate surface area is 101 Å². The van der Waals surface area contributed by atoms with Gasteiger partial charge in [-0.25, -0.2) is 0 Å². The van der Waals surface area contributed by atoms with Crippen LogP contribution in [0, 0.1) is 0 Å². The molecule has 1 N–H and O–H groups in total. The van der Waals surface area contributed by atoms with Gasteiger partial charge in [-0.3, -0.25) is 0 Å². The fraction of sp³-hybridized carbons (Fsp3) is 0.500. The Morgan fingerprint density at radius 3 is 2.69 bits per heavy atom.